The van der Waals surface area contributed by atoms with Gasteiger partial charge < -0.3 is 5.32 Å². The van der Waals surface area contributed by atoms with Crippen LogP contribution in [0.3, 0.4) is 0 Å². The first-order chi connectivity index (χ1) is 9.79. The van der Waals surface area contributed by atoms with E-state index in [-0.39, 0.29) is 16.4 Å². The minimum atomic E-state index is -3.65. The van der Waals surface area contributed by atoms with Gasteiger partial charge in [-0.2, -0.15) is 4.31 Å². The molecule has 116 valence electrons. The van der Waals surface area contributed by atoms with Gasteiger partial charge in [-0.25, -0.2) is 16.8 Å². The zero-order valence-electron chi connectivity index (χ0n) is 11.7. The highest BCUT2D eigenvalue weighted by atomic mass is 32.2. The Morgan fingerprint density at radius 2 is 1.95 bits per heavy atom. The molecule has 2 heterocycles. The summed E-state index contributed by atoms with van der Waals surface area (Å²) in [6.07, 6.45) is 0.366. The van der Waals surface area contributed by atoms with Crippen LogP contribution in [0.2, 0.25) is 0 Å². The summed E-state index contributed by atoms with van der Waals surface area (Å²) in [5.41, 5.74) is 2.10. The van der Waals surface area contributed by atoms with E-state index < -0.39 is 25.9 Å². The summed E-state index contributed by atoms with van der Waals surface area (Å²) in [5, 5.41) is 3.17. The molecule has 1 unspecified atom stereocenters. The van der Waals surface area contributed by atoms with Crippen LogP contribution >= 0.6 is 0 Å². The number of fused-ring (bicyclic) bond motifs is 1. The van der Waals surface area contributed by atoms with Gasteiger partial charge in [0.1, 0.15) is 0 Å². The van der Waals surface area contributed by atoms with E-state index in [4.69, 9.17) is 0 Å². The molecule has 0 spiro atoms. The summed E-state index contributed by atoms with van der Waals surface area (Å²) in [5.74, 6) is -0.0269. The van der Waals surface area contributed by atoms with Crippen LogP contribution in [0.5, 0.6) is 0 Å². The molecule has 1 saturated heterocycles. The number of sulfone groups is 1. The van der Waals surface area contributed by atoms with Crippen molar-refractivity contribution in [1.82, 2.24) is 9.62 Å². The average Bonchev–Trinajstić information content (AvgIpc) is 3.02. The van der Waals surface area contributed by atoms with Crippen molar-refractivity contribution in [3.63, 3.8) is 0 Å². The summed E-state index contributed by atoms with van der Waals surface area (Å²) in [4.78, 5) is 0.233. The third kappa shape index (κ3) is 2.73. The Bertz CT molecular complexity index is 771. The van der Waals surface area contributed by atoms with Crippen molar-refractivity contribution < 1.29 is 16.8 Å². The van der Waals surface area contributed by atoms with Crippen LogP contribution in [0.1, 0.15) is 17.5 Å². The van der Waals surface area contributed by atoms with E-state index in [1.807, 2.05) is 6.07 Å². The van der Waals surface area contributed by atoms with Gasteiger partial charge in [-0.15, -0.1) is 0 Å². The third-order valence-electron chi connectivity index (χ3n) is 4.21. The lowest BCUT2D eigenvalue weighted by Gasteiger charge is -2.23. The molecule has 0 aromatic heterocycles. The van der Waals surface area contributed by atoms with Crippen LogP contribution in [0, 0.1) is 0 Å². The molecule has 6 nitrogen and oxygen atoms in total. The minimum absolute atomic E-state index is 0.0611. The van der Waals surface area contributed by atoms with Crippen molar-refractivity contribution in [2.24, 2.45) is 0 Å². The molecule has 0 saturated carbocycles. The number of sulfonamides is 1. The first-order valence-electron chi connectivity index (χ1n) is 6.80. The summed E-state index contributed by atoms with van der Waals surface area (Å²) < 4.78 is 49.6. The Morgan fingerprint density at radius 3 is 2.62 bits per heavy atom. The molecule has 1 fully saturated rings. The van der Waals surface area contributed by atoms with E-state index >= 15 is 0 Å². The van der Waals surface area contributed by atoms with Crippen molar-refractivity contribution in [2.45, 2.75) is 30.4 Å². The number of nitrogens with zero attached hydrogens (tertiary/aromatic N) is 1. The molecule has 0 radical (unpaired) electrons. The Hall–Kier alpha value is -0.960. The number of hydrogen-bond acceptors (Lipinski definition) is 5. The topological polar surface area (TPSA) is 83.6 Å². The molecule has 0 bridgehead atoms. The lowest BCUT2D eigenvalue weighted by atomic mass is 10.1. The molecular formula is C13H18N2O4S2. The molecule has 1 aromatic rings. The monoisotopic (exact) mass is 330 g/mol. The Balaban J connectivity index is 1.90. The number of nitrogens with one attached hydrogen (secondary N) is 1. The van der Waals surface area contributed by atoms with Gasteiger partial charge in [0.05, 0.1) is 16.4 Å². The van der Waals surface area contributed by atoms with E-state index in [0.29, 0.717) is 13.0 Å². The number of hydrogen-bond donors (Lipinski definition) is 1. The lowest BCUT2D eigenvalue weighted by Crippen LogP contribution is -2.37. The van der Waals surface area contributed by atoms with Crippen molar-refractivity contribution in [2.75, 3.05) is 18.6 Å². The highest BCUT2D eigenvalue weighted by Gasteiger charge is 2.36. The molecule has 21 heavy (non-hydrogen) atoms. The van der Waals surface area contributed by atoms with Crippen molar-refractivity contribution in [1.29, 1.82) is 0 Å². The van der Waals surface area contributed by atoms with Gasteiger partial charge in [0.15, 0.2) is 9.84 Å². The molecule has 2 aliphatic heterocycles. The molecule has 8 heteroatoms. The maximum absolute atomic E-state index is 12.6. The van der Waals surface area contributed by atoms with E-state index in [1.165, 1.54) is 11.4 Å². The lowest BCUT2D eigenvalue weighted by molar-refractivity contribution is 0.394. The van der Waals surface area contributed by atoms with Gasteiger partial charge in [0.2, 0.25) is 10.0 Å². The number of benzene rings is 1. The van der Waals surface area contributed by atoms with E-state index in [2.05, 4.69) is 5.32 Å². The van der Waals surface area contributed by atoms with Crippen LogP contribution in [-0.4, -0.2) is 45.7 Å². The first kappa shape index (κ1) is 15.0. The zero-order chi connectivity index (χ0) is 15.3. The molecular weight excluding hydrogens is 312 g/mol. The second kappa shape index (κ2) is 5.05. The molecule has 3 rings (SSSR count). The van der Waals surface area contributed by atoms with E-state index in [9.17, 15) is 16.8 Å². The number of rotatable bonds is 3. The van der Waals surface area contributed by atoms with Crippen molar-refractivity contribution >= 4 is 19.9 Å². The smallest absolute Gasteiger partial charge is 0.243 e. The van der Waals surface area contributed by atoms with Gasteiger partial charge >= 0.3 is 0 Å². The molecule has 2 aliphatic rings. The fourth-order valence-electron chi connectivity index (χ4n) is 2.86. The summed E-state index contributed by atoms with van der Waals surface area (Å²) in [7, 11) is -5.30. The highest BCUT2D eigenvalue weighted by molar-refractivity contribution is 7.92. The summed E-state index contributed by atoms with van der Waals surface area (Å²) in [6.45, 7) is 1.42. The SMILES string of the molecule is CN(C1CCS(=O)(=O)C1)S(=O)(=O)c1ccc2c(c1)CNC2. The van der Waals surface area contributed by atoms with Crippen molar-refractivity contribution in [3.05, 3.63) is 29.3 Å². The van der Waals surface area contributed by atoms with Crippen LogP contribution < -0.4 is 5.32 Å². The van der Waals surface area contributed by atoms with Crippen LogP contribution in [-0.2, 0) is 33.0 Å². The Labute approximate surface area is 125 Å². The zero-order valence-corrected chi connectivity index (χ0v) is 13.4. The third-order valence-corrected chi connectivity index (χ3v) is 7.86. The van der Waals surface area contributed by atoms with Crippen LogP contribution in [0.4, 0.5) is 0 Å². The van der Waals surface area contributed by atoms with E-state index in [0.717, 1.165) is 17.7 Å². The summed E-state index contributed by atoms with van der Waals surface area (Å²) in [6, 6.07) is 4.64. The Morgan fingerprint density at radius 1 is 1.24 bits per heavy atom. The normalized spacial score (nSPS) is 24.4. The molecule has 1 N–H and O–H groups in total. The Kier molecular flexibility index (Phi) is 3.59. The van der Waals surface area contributed by atoms with Gasteiger partial charge in [-0.3, -0.25) is 0 Å². The maximum atomic E-state index is 12.6. The fourth-order valence-corrected chi connectivity index (χ4v) is 6.16. The minimum Gasteiger partial charge on any atom is -0.309 e. The van der Waals surface area contributed by atoms with Crippen LogP contribution in [0.25, 0.3) is 0 Å². The largest absolute Gasteiger partial charge is 0.309 e. The highest BCUT2D eigenvalue weighted by Crippen LogP contribution is 2.26. The maximum Gasteiger partial charge on any atom is 0.243 e. The van der Waals surface area contributed by atoms with Gasteiger partial charge in [-0.1, -0.05) is 6.07 Å². The van der Waals surface area contributed by atoms with Gasteiger partial charge in [0, 0.05) is 26.2 Å². The predicted molar refractivity (Wildman–Crippen MR) is 79.0 cm³/mol. The summed E-state index contributed by atoms with van der Waals surface area (Å²) >= 11 is 0. The molecule has 1 atom stereocenters. The van der Waals surface area contributed by atoms with Crippen LogP contribution in [0.15, 0.2) is 23.1 Å². The second-order valence-electron chi connectivity index (χ2n) is 5.61. The predicted octanol–water partition coefficient (Wildman–Crippen LogP) is 0.0974. The van der Waals surface area contributed by atoms with Gasteiger partial charge in [0.25, 0.3) is 0 Å². The quantitative estimate of drug-likeness (QED) is 0.850. The first-order valence-corrected chi connectivity index (χ1v) is 10.1. The second-order valence-corrected chi connectivity index (χ2v) is 9.84. The van der Waals surface area contributed by atoms with Crippen molar-refractivity contribution in [3.8, 4) is 0 Å². The van der Waals surface area contributed by atoms with Gasteiger partial charge in [-0.05, 0) is 29.7 Å². The average molecular weight is 330 g/mol. The standard InChI is InChI=1S/C13H18N2O4S2/c1-15(12-4-5-20(16,17)9-12)21(18,19)13-3-2-10-7-14-8-11(10)6-13/h2-3,6,12,14H,4-5,7-9H2,1H3. The molecule has 0 aliphatic carbocycles. The molecule has 0 amide bonds. The van der Waals surface area contributed by atoms with E-state index in [1.54, 1.807) is 12.1 Å². The molecule has 1 aromatic carbocycles. The fraction of sp³-hybridized carbons (Fsp3) is 0.538.